The first-order valence-electron chi connectivity index (χ1n) is 21.9. The van der Waals surface area contributed by atoms with E-state index < -0.39 is 0 Å². The highest BCUT2D eigenvalue weighted by molar-refractivity contribution is 6.22. The van der Waals surface area contributed by atoms with Crippen LogP contribution in [0.5, 0.6) is 0 Å². The van der Waals surface area contributed by atoms with Crippen molar-refractivity contribution >= 4 is 87.1 Å². The highest BCUT2D eigenvalue weighted by Gasteiger charge is 2.24. The SMILES string of the molecule is c1ccc(-c2nc(-c3cc(-n4c5ccccc5c5cc6ccccc6cc54)c4oc5ccc6ccccc6c5c4c3)nc(-c3cccc4c5ccccc5n(-c5ccccc5)c34)n2)cc1. The third-order valence-corrected chi connectivity index (χ3v) is 13.1. The minimum atomic E-state index is 0.567. The number of hydrogen-bond donors (Lipinski definition) is 0. The van der Waals surface area contributed by atoms with Gasteiger partial charge >= 0.3 is 0 Å². The Morgan fingerprint density at radius 1 is 0.354 bits per heavy atom. The molecular weight excluding hydrogens is 795 g/mol. The van der Waals surface area contributed by atoms with Gasteiger partial charge in [-0.1, -0.05) is 152 Å². The molecule has 6 nitrogen and oxygen atoms in total. The van der Waals surface area contributed by atoms with Crippen LogP contribution in [-0.2, 0) is 0 Å². The summed E-state index contributed by atoms with van der Waals surface area (Å²) in [5.41, 5.74) is 10.6. The van der Waals surface area contributed by atoms with E-state index in [4.69, 9.17) is 19.4 Å². The molecule has 0 N–H and O–H groups in total. The second-order valence-corrected chi connectivity index (χ2v) is 16.8. The molecule has 14 rings (SSSR count). The van der Waals surface area contributed by atoms with E-state index >= 15 is 0 Å². The Hall–Kier alpha value is -8.87. The Morgan fingerprint density at radius 3 is 1.74 bits per heavy atom. The smallest absolute Gasteiger partial charge is 0.166 e. The van der Waals surface area contributed by atoms with Crippen molar-refractivity contribution in [3.05, 3.63) is 212 Å². The van der Waals surface area contributed by atoms with Gasteiger partial charge in [0.25, 0.3) is 0 Å². The maximum Gasteiger partial charge on any atom is 0.166 e. The first-order valence-corrected chi connectivity index (χ1v) is 21.9. The fraction of sp³-hybridized carbons (Fsp3) is 0. The summed E-state index contributed by atoms with van der Waals surface area (Å²) in [4.78, 5) is 16.2. The molecule has 0 aliphatic heterocycles. The van der Waals surface area contributed by atoms with Crippen LogP contribution in [0, 0.1) is 0 Å². The number of aromatic nitrogens is 5. The second-order valence-electron chi connectivity index (χ2n) is 16.8. The van der Waals surface area contributed by atoms with Crippen LogP contribution in [0.15, 0.2) is 217 Å². The molecule has 0 saturated heterocycles. The van der Waals surface area contributed by atoms with Crippen molar-refractivity contribution < 1.29 is 4.42 Å². The normalized spacial score (nSPS) is 12.0. The standard InChI is InChI=1S/C59H35N5O/c1-3-17-37(18-4-1)57-60-58(62-59(61-57)46-27-15-26-45-43-24-11-13-28-49(43)63(55(45)46)41-21-5-2-6-22-41)40-33-48-54-42-23-10-9-16-36(42)30-31-53(54)65-56(48)52(35-40)64-50-29-14-12-25-44(50)47-32-38-19-7-8-20-39(38)34-51(47)64/h1-35H. The van der Waals surface area contributed by atoms with Gasteiger partial charge in [0.1, 0.15) is 5.58 Å². The van der Waals surface area contributed by atoms with Gasteiger partial charge in [0.05, 0.1) is 27.8 Å². The summed E-state index contributed by atoms with van der Waals surface area (Å²) >= 11 is 0. The molecule has 0 aliphatic rings. The fourth-order valence-electron chi connectivity index (χ4n) is 10.2. The molecule has 4 heterocycles. The van der Waals surface area contributed by atoms with Crippen molar-refractivity contribution in [2.24, 2.45) is 0 Å². The Labute approximate surface area is 371 Å². The van der Waals surface area contributed by atoms with E-state index in [0.29, 0.717) is 17.5 Å². The van der Waals surface area contributed by atoms with E-state index in [1.165, 1.54) is 26.9 Å². The summed E-state index contributed by atoms with van der Waals surface area (Å²) < 4.78 is 11.7. The molecule has 0 atom stereocenters. The number of fused-ring (bicyclic) bond motifs is 12. The molecule has 0 aliphatic carbocycles. The van der Waals surface area contributed by atoms with Crippen LogP contribution < -0.4 is 0 Å². The third-order valence-electron chi connectivity index (χ3n) is 13.1. The van der Waals surface area contributed by atoms with Crippen LogP contribution in [-0.4, -0.2) is 24.1 Å². The highest BCUT2D eigenvalue weighted by atomic mass is 16.3. The van der Waals surface area contributed by atoms with Crippen LogP contribution in [0.2, 0.25) is 0 Å². The summed E-state index contributed by atoms with van der Waals surface area (Å²) in [6.45, 7) is 0. The van der Waals surface area contributed by atoms with Crippen LogP contribution in [0.25, 0.3) is 133 Å². The minimum Gasteiger partial charge on any atom is -0.454 e. The van der Waals surface area contributed by atoms with Crippen molar-refractivity contribution in [3.63, 3.8) is 0 Å². The average molecular weight is 830 g/mol. The van der Waals surface area contributed by atoms with Gasteiger partial charge in [-0.15, -0.1) is 0 Å². The zero-order valence-electron chi connectivity index (χ0n) is 34.9. The van der Waals surface area contributed by atoms with Gasteiger partial charge in [-0.3, -0.25) is 0 Å². The molecule has 0 amide bonds. The van der Waals surface area contributed by atoms with E-state index in [9.17, 15) is 0 Å². The molecular formula is C59H35N5O. The first-order chi connectivity index (χ1) is 32.2. The Morgan fingerprint density at radius 2 is 0.954 bits per heavy atom. The van der Waals surface area contributed by atoms with Gasteiger partial charge in [-0.05, 0) is 82.2 Å². The largest absolute Gasteiger partial charge is 0.454 e. The lowest BCUT2D eigenvalue weighted by Crippen LogP contribution is -2.03. The minimum absolute atomic E-state index is 0.567. The first kappa shape index (κ1) is 35.7. The average Bonchev–Trinajstić information content (AvgIpc) is 4.04. The number of benzene rings is 10. The molecule has 0 saturated carbocycles. The van der Waals surface area contributed by atoms with Crippen LogP contribution in [0.4, 0.5) is 0 Å². The van der Waals surface area contributed by atoms with Crippen molar-refractivity contribution in [1.29, 1.82) is 0 Å². The summed E-state index contributed by atoms with van der Waals surface area (Å²) in [6, 6.07) is 74.9. The Bertz CT molecular complexity index is 4240. The number of rotatable bonds is 5. The lowest BCUT2D eigenvalue weighted by atomic mass is 10.0. The van der Waals surface area contributed by atoms with Crippen LogP contribution in [0.3, 0.4) is 0 Å². The van der Waals surface area contributed by atoms with E-state index in [1.807, 2.05) is 18.2 Å². The molecule has 0 fully saturated rings. The maximum atomic E-state index is 7.03. The Kier molecular flexibility index (Phi) is 7.59. The Balaban J connectivity index is 1.11. The van der Waals surface area contributed by atoms with E-state index in [-0.39, 0.29) is 0 Å². The lowest BCUT2D eigenvalue weighted by molar-refractivity contribution is 0.666. The molecule has 10 aromatic carbocycles. The molecule has 65 heavy (non-hydrogen) atoms. The quantitative estimate of drug-likeness (QED) is 0.173. The van der Waals surface area contributed by atoms with Crippen LogP contribution >= 0.6 is 0 Å². The van der Waals surface area contributed by atoms with Crippen molar-refractivity contribution in [3.8, 4) is 45.5 Å². The van der Waals surface area contributed by atoms with Gasteiger partial charge in [0.15, 0.2) is 23.1 Å². The van der Waals surface area contributed by atoms with E-state index in [0.717, 1.165) is 88.2 Å². The molecule has 0 radical (unpaired) electrons. The summed E-state index contributed by atoms with van der Waals surface area (Å²) in [7, 11) is 0. The summed E-state index contributed by atoms with van der Waals surface area (Å²) in [5, 5.41) is 11.3. The molecule has 0 spiro atoms. The van der Waals surface area contributed by atoms with Crippen molar-refractivity contribution in [2.75, 3.05) is 0 Å². The van der Waals surface area contributed by atoms with Crippen molar-refractivity contribution in [1.82, 2.24) is 24.1 Å². The number of para-hydroxylation sites is 4. The summed E-state index contributed by atoms with van der Waals surface area (Å²) in [5.74, 6) is 1.75. The van der Waals surface area contributed by atoms with Gasteiger partial charge < -0.3 is 13.6 Å². The zero-order chi connectivity index (χ0) is 42.6. The lowest BCUT2D eigenvalue weighted by Gasteiger charge is -2.14. The molecule has 14 aromatic rings. The van der Waals surface area contributed by atoms with E-state index in [2.05, 4.69) is 203 Å². The molecule has 4 aromatic heterocycles. The molecule has 6 heteroatoms. The second kappa shape index (κ2) is 13.8. The van der Waals surface area contributed by atoms with Gasteiger partial charge in [0.2, 0.25) is 0 Å². The maximum absolute atomic E-state index is 7.03. The predicted molar refractivity (Wildman–Crippen MR) is 267 cm³/mol. The predicted octanol–water partition coefficient (Wildman–Crippen LogP) is 15.3. The van der Waals surface area contributed by atoms with Gasteiger partial charge in [-0.2, -0.15) is 0 Å². The molecule has 0 bridgehead atoms. The van der Waals surface area contributed by atoms with Gasteiger partial charge in [0, 0.05) is 54.7 Å². The van der Waals surface area contributed by atoms with Gasteiger partial charge in [-0.25, -0.2) is 15.0 Å². The summed E-state index contributed by atoms with van der Waals surface area (Å²) in [6.07, 6.45) is 0. The topological polar surface area (TPSA) is 61.7 Å². The number of hydrogen-bond acceptors (Lipinski definition) is 4. The molecule has 0 unspecified atom stereocenters. The zero-order valence-corrected chi connectivity index (χ0v) is 34.9. The third kappa shape index (κ3) is 5.38. The van der Waals surface area contributed by atoms with Crippen molar-refractivity contribution in [2.45, 2.75) is 0 Å². The monoisotopic (exact) mass is 829 g/mol. The molecule has 302 valence electrons. The van der Waals surface area contributed by atoms with Crippen LogP contribution in [0.1, 0.15) is 0 Å². The number of nitrogens with zero attached hydrogens (tertiary/aromatic N) is 5. The number of furan rings is 1. The van der Waals surface area contributed by atoms with E-state index in [1.54, 1.807) is 0 Å². The highest BCUT2D eigenvalue weighted by Crippen LogP contribution is 2.44. The fourth-order valence-corrected chi connectivity index (χ4v) is 10.2.